The molecule has 0 radical (unpaired) electrons. The first-order valence-corrected chi connectivity index (χ1v) is 8.42. The van der Waals surface area contributed by atoms with E-state index in [1.54, 1.807) is 0 Å². The topological polar surface area (TPSA) is 17.3 Å². The SMILES string of the molecule is C1=c2c(c3nc4ccccc4n3c3ccccc23)=CCC1.CC. The van der Waals surface area contributed by atoms with Crippen LogP contribution in [0, 0.1) is 0 Å². The van der Waals surface area contributed by atoms with Crippen LogP contribution in [0.4, 0.5) is 0 Å². The Kier molecular flexibility index (Phi) is 3.38. The number of hydrogen-bond acceptors (Lipinski definition) is 1. The van der Waals surface area contributed by atoms with E-state index in [9.17, 15) is 0 Å². The van der Waals surface area contributed by atoms with Crippen LogP contribution in [0.5, 0.6) is 0 Å². The summed E-state index contributed by atoms with van der Waals surface area (Å²) >= 11 is 0. The van der Waals surface area contributed by atoms with Crippen molar-refractivity contribution in [3.63, 3.8) is 0 Å². The molecule has 0 saturated carbocycles. The van der Waals surface area contributed by atoms with Gasteiger partial charge in [0, 0.05) is 10.6 Å². The Morgan fingerprint density at radius 3 is 2.26 bits per heavy atom. The third-order valence-electron chi connectivity index (χ3n) is 4.39. The van der Waals surface area contributed by atoms with Gasteiger partial charge in [0.15, 0.2) is 0 Å². The fourth-order valence-electron chi connectivity index (χ4n) is 3.49. The van der Waals surface area contributed by atoms with Gasteiger partial charge in [-0.1, -0.05) is 56.3 Å². The second kappa shape index (κ2) is 5.54. The largest absolute Gasteiger partial charge is 0.292 e. The quantitative estimate of drug-likeness (QED) is 0.479. The van der Waals surface area contributed by atoms with Gasteiger partial charge in [0.05, 0.1) is 16.6 Å². The van der Waals surface area contributed by atoms with Crippen LogP contribution < -0.4 is 10.4 Å². The Hall–Kier alpha value is -2.61. The summed E-state index contributed by atoms with van der Waals surface area (Å²) < 4.78 is 2.30. The summed E-state index contributed by atoms with van der Waals surface area (Å²) in [5.74, 6) is 0. The third-order valence-corrected chi connectivity index (χ3v) is 4.39. The maximum absolute atomic E-state index is 4.89. The number of benzene rings is 2. The van der Waals surface area contributed by atoms with Gasteiger partial charge in [-0.25, -0.2) is 4.98 Å². The molecular weight excluding hydrogens is 280 g/mol. The van der Waals surface area contributed by atoms with Crippen LogP contribution in [0.1, 0.15) is 26.7 Å². The second-order valence-corrected chi connectivity index (χ2v) is 5.59. The molecule has 1 aliphatic rings. The Morgan fingerprint density at radius 1 is 0.783 bits per heavy atom. The van der Waals surface area contributed by atoms with Crippen LogP contribution in [0.25, 0.3) is 39.7 Å². The van der Waals surface area contributed by atoms with Crippen molar-refractivity contribution in [2.75, 3.05) is 0 Å². The van der Waals surface area contributed by atoms with Gasteiger partial charge in [0.25, 0.3) is 0 Å². The lowest BCUT2D eigenvalue weighted by atomic mass is 10.0. The minimum atomic E-state index is 1.06. The molecule has 0 aliphatic heterocycles. The van der Waals surface area contributed by atoms with Gasteiger partial charge in [-0.3, -0.25) is 4.40 Å². The molecule has 1 aliphatic carbocycles. The van der Waals surface area contributed by atoms with Crippen LogP contribution in [0.3, 0.4) is 0 Å². The molecule has 0 bridgehead atoms. The summed E-state index contributed by atoms with van der Waals surface area (Å²) in [6.07, 6.45) is 6.91. The van der Waals surface area contributed by atoms with Crippen LogP contribution in [0.2, 0.25) is 0 Å². The van der Waals surface area contributed by atoms with E-state index in [2.05, 4.69) is 65.1 Å². The van der Waals surface area contributed by atoms with Crippen molar-refractivity contribution in [1.29, 1.82) is 0 Å². The highest BCUT2D eigenvalue weighted by Gasteiger charge is 2.11. The number of rotatable bonds is 0. The molecule has 0 N–H and O–H groups in total. The van der Waals surface area contributed by atoms with Crippen LogP contribution in [-0.4, -0.2) is 9.38 Å². The second-order valence-electron chi connectivity index (χ2n) is 5.59. The standard InChI is InChI=1S/C19H14N2.C2H6/c1-2-9-15-13(7-1)14-8-3-5-11-17(14)21-18-12-6-4-10-16(18)20-19(15)21;1-2/h3-12H,1-2H2;1-2H3. The molecule has 2 heterocycles. The van der Waals surface area contributed by atoms with Gasteiger partial charge < -0.3 is 0 Å². The van der Waals surface area contributed by atoms with Crippen molar-refractivity contribution in [1.82, 2.24) is 9.38 Å². The van der Waals surface area contributed by atoms with E-state index in [4.69, 9.17) is 4.98 Å². The number of aromatic nitrogens is 2. The van der Waals surface area contributed by atoms with Crippen LogP contribution in [0.15, 0.2) is 48.5 Å². The van der Waals surface area contributed by atoms with Crippen molar-refractivity contribution >= 4 is 39.7 Å². The molecular formula is C21H20N2. The smallest absolute Gasteiger partial charge is 0.146 e. The summed E-state index contributed by atoms with van der Waals surface area (Å²) in [6, 6.07) is 17.0. The summed E-state index contributed by atoms with van der Waals surface area (Å²) in [4.78, 5) is 4.89. The van der Waals surface area contributed by atoms with E-state index in [-0.39, 0.29) is 0 Å². The van der Waals surface area contributed by atoms with Crippen molar-refractivity contribution in [3.05, 3.63) is 59.0 Å². The summed E-state index contributed by atoms with van der Waals surface area (Å²) in [5.41, 5.74) is 4.58. The Morgan fingerprint density at radius 2 is 1.43 bits per heavy atom. The molecule has 0 amide bonds. The number of imidazole rings is 1. The number of hydrogen-bond donors (Lipinski definition) is 0. The van der Waals surface area contributed by atoms with E-state index in [0.29, 0.717) is 0 Å². The van der Waals surface area contributed by atoms with E-state index in [1.165, 1.54) is 26.9 Å². The molecule has 0 spiro atoms. The normalized spacial score (nSPS) is 13.1. The molecule has 4 aromatic rings. The monoisotopic (exact) mass is 300 g/mol. The lowest BCUT2D eigenvalue weighted by Crippen LogP contribution is -2.30. The zero-order valence-electron chi connectivity index (χ0n) is 13.6. The number of pyridine rings is 1. The molecule has 2 heteroatoms. The Bertz CT molecular complexity index is 1130. The highest BCUT2D eigenvalue weighted by Crippen LogP contribution is 2.20. The minimum Gasteiger partial charge on any atom is -0.292 e. The number of fused-ring (bicyclic) bond motifs is 8. The average molecular weight is 300 g/mol. The van der Waals surface area contributed by atoms with Crippen LogP contribution >= 0.6 is 0 Å². The maximum Gasteiger partial charge on any atom is 0.146 e. The van der Waals surface area contributed by atoms with E-state index >= 15 is 0 Å². The molecule has 0 atom stereocenters. The van der Waals surface area contributed by atoms with Gasteiger partial charge in [-0.15, -0.1) is 0 Å². The molecule has 2 nitrogen and oxygen atoms in total. The van der Waals surface area contributed by atoms with E-state index < -0.39 is 0 Å². The zero-order valence-corrected chi connectivity index (χ0v) is 13.6. The number of nitrogens with zero attached hydrogens (tertiary/aromatic N) is 2. The predicted octanol–water partition coefficient (Wildman–Crippen LogP) is 4.02. The van der Waals surface area contributed by atoms with Gasteiger partial charge >= 0.3 is 0 Å². The van der Waals surface area contributed by atoms with E-state index in [1.807, 2.05) is 13.8 Å². The molecule has 114 valence electrons. The zero-order chi connectivity index (χ0) is 15.8. The molecule has 5 rings (SSSR count). The van der Waals surface area contributed by atoms with E-state index in [0.717, 1.165) is 24.0 Å². The first-order valence-electron chi connectivity index (χ1n) is 8.42. The maximum atomic E-state index is 4.89. The molecule has 0 unspecified atom stereocenters. The summed E-state index contributed by atoms with van der Waals surface area (Å²) in [5, 5.41) is 3.95. The highest BCUT2D eigenvalue weighted by molar-refractivity contribution is 5.91. The van der Waals surface area contributed by atoms with Gasteiger partial charge in [-0.2, -0.15) is 0 Å². The van der Waals surface area contributed by atoms with Crippen LogP contribution in [-0.2, 0) is 0 Å². The molecule has 0 fully saturated rings. The molecule has 2 aromatic heterocycles. The first-order chi connectivity index (χ1) is 11.4. The van der Waals surface area contributed by atoms with Crippen molar-refractivity contribution in [3.8, 4) is 0 Å². The number of para-hydroxylation sites is 3. The predicted molar refractivity (Wildman–Crippen MR) is 99.0 cm³/mol. The Balaban J connectivity index is 0.000000652. The summed E-state index contributed by atoms with van der Waals surface area (Å²) in [7, 11) is 0. The third kappa shape index (κ3) is 1.98. The minimum absolute atomic E-state index is 1.06. The molecule has 2 aromatic carbocycles. The lowest BCUT2D eigenvalue weighted by Gasteiger charge is -2.08. The molecule has 0 saturated heterocycles. The van der Waals surface area contributed by atoms with Gasteiger partial charge in [0.2, 0.25) is 0 Å². The fraction of sp³-hybridized carbons (Fsp3) is 0.190. The first kappa shape index (κ1) is 14.0. The van der Waals surface area contributed by atoms with Gasteiger partial charge in [-0.05, 0) is 36.3 Å². The van der Waals surface area contributed by atoms with Crippen molar-refractivity contribution in [2.24, 2.45) is 0 Å². The lowest BCUT2D eigenvalue weighted by molar-refractivity contribution is 1.11. The summed E-state index contributed by atoms with van der Waals surface area (Å²) in [6.45, 7) is 4.00. The van der Waals surface area contributed by atoms with Gasteiger partial charge in [0.1, 0.15) is 5.65 Å². The Labute approximate surface area is 135 Å². The van der Waals surface area contributed by atoms with Crippen molar-refractivity contribution in [2.45, 2.75) is 26.7 Å². The van der Waals surface area contributed by atoms with Crippen molar-refractivity contribution < 1.29 is 0 Å². The fourth-order valence-corrected chi connectivity index (χ4v) is 3.49. The highest BCUT2D eigenvalue weighted by atomic mass is 15.0. The average Bonchev–Trinajstić information content (AvgIpc) is 3.04. The molecule has 23 heavy (non-hydrogen) atoms.